The number of rotatable bonds is 2. The Morgan fingerprint density at radius 1 is 1.33 bits per heavy atom. The van der Waals surface area contributed by atoms with E-state index in [2.05, 4.69) is 34.8 Å². The Labute approximate surface area is 112 Å². The molecule has 0 bridgehead atoms. The quantitative estimate of drug-likeness (QED) is 0.830. The first-order valence-electron chi connectivity index (χ1n) is 6.36. The van der Waals surface area contributed by atoms with E-state index in [1.807, 2.05) is 17.8 Å². The lowest BCUT2D eigenvalue weighted by Crippen LogP contribution is -2.36. The van der Waals surface area contributed by atoms with Gasteiger partial charge in [0.1, 0.15) is 5.01 Å². The van der Waals surface area contributed by atoms with Gasteiger partial charge in [0, 0.05) is 54.6 Å². The highest BCUT2D eigenvalue weighted by Gasteiger charge is 2.19. The zero-order valence-electron chi connectivity index (χ0n) is 10.8. The molecule has 0 amide bonds. The molecule has 0 atom stereocenters. The first-order valence-corrected chi connectivity index (χ1v) is 7.23. The van der Waals surface area contributed by atoms with Gasteiger partial charge in [-0.2, -0.15) is 0 Å². The Balaban J connectivity index is 1.93. The molecule has 0 aromatic carbocycles. The molecule has 18 heavy (non-hydrogen) atoms. The third-order valence-electron chi connectivity index (χ3n) is 3.48. The summed E-state index contributed by atoms with van der Waals surface area (Å²) in [5, 5.41) is 3.07. The Morgan fingerprint density at radius 3 is 2.94 bits per heavy atom. The van der Waals surface area contributed by atoms with Crippen molar-refractivity contribution < 1.29 is 0 Å². The van der Waals surface area contributed by atoms with E-state index in [-0.39, 0.29) is 0 Å². The van der Waals surface area contributed by atoms with E-state index in [4.69, 9.17) is 0 Å². The van der Waals surface area contributed by atoms with Gasteiger partial charge >= 0.3 is 0 Å². The summed E-state index contributed by atoms with van der Waals surface area (Å²) in [6.07, 6.45) is 4.87. The summed E-state index contributed by atoms with van der Waals surface area (Å²) in [6, 6.07) is 2.86. The van der Waals surface area contributed by atoms with Crippen LogP contribution in [0.5, 0.6) is 0 Å². The molecule has 2 aromatic heterocycles. The van der Waals surface area contributed by atoms with Gasteiger partial charge in [-0.3, -0.25) is 9.88 Å². The number of thiazole rings is 1. The fourth-order valence-corrected chi connectivity index (χ4v) is 2.99. The number of hydrogen-bond acceptors (Lipinski definition) is 4. The molecule has 0 saturated carbocycles. The molecule has 0 fully saturated rings. The van der Waals surface area contributed by atoms with E-state index in [1.165, 1.54) is 11.3 Å². The van der Waals surface area contributed by atoms with Gasteiger partial charge in [-0.15, -0.1) is 11.3 Å². The predicted octanol–water partition coefficient (Wildman–Crippen LogP) is 2.97. The molecule has 94 valence electrons. The van der Waals surface area contributed by atoms with Crippen LogP contribution in [0.25, 0.3) is 10.6 Å². The normalized spacial score (nSPS) is 15.9. The van der Waals surface area contributed by atoms with Crippen molar-refractivity contribution >= 4 is 11.3 Å². The maximum absolute atomic E-state index is 4.61. The highest BCUT2D eigenvalue weighted by molar-refractivity contribution is 7.13. The van der Waals surface area contributed by atoms with E-state index in [1.54, 1.807) is 11.3 Å². The average Bonchev–Trinajstić information content (AvgIpc) is 2.91. The van der Waals surface area contributed by atoms with E-state index >= 15 is 0 Å². The summed E-state index contributed by atoms with van der Waals surface area (Å²) in [4.78, 5) is 11.5. The largest absolute Gasteiger partial charge is 0.296 e. The predicted molar refractivity (Wildman–Crippen MR) is 74.6 cm³/mol. The molecule has 2 aromatic rings. The van der Waals surface area contributed by atoms with Crippen LogP contribution in [0.4, 0.5) is 0 Å². The monoisotopic (exact) mass is 259 g/mol. The standard InChI is InChI=1S/C14H17N3S/c1-10(2)17-5-3-13-12(9-17)7-11(8-16-13)14-15-4-6-18-14/h4,6-8,10H,3,5,9H2,1-2H3. The van der Waals surface area contributed by atoms with Crippen LogP contribution in [0.3, 0.4) is 0 Å². The first-order chi connectivity index (χ1) is 8.74. The summed E-state index contributed by atoms with van der Waals surface area (Å²) in [7, 11) is 0. The van der Waals surface area contributed by atoms with Crippen molar-refractivity contribution in [2.75, 3.05) is 6.54 Å². The topological polar surface area (TPSA) is 29.0 Å². The molecule has 0 saturated heterocycles. The lowest BCUT2D eigenvalue weighted by atomic mass is 10.0. The minimum Gasteiger partial charge on any atom is -0.296 e. The van der Waals surface area contributed by atoms with Crippen LogP contribution < -0.4 is 0 Å². The Bertz CT molecular complexity index is 534. The van der Waals surface area contributed by atoms with Gasteiger partial charge in [0.2, 0.25) is 0 Å². The molecule has 4 heteroatoms. The van der Waals surface area contributed by atoms with Gasteiger partial charge in [-0.1, -0.05) is 0 Å². The highest BCUT2D eigenvalue weighted by Crippen LogP contribution is 2.26. The van der Waals surface area contributed by atoms with Crippen LogP contribution in [0, 0.1) is 0 Å². The van der Waals surface area contributed by atoms with E-state index in [0.717, 1.165) is 30.1 Å². The van der Waals surface area contributed by atoms with E-state index < -0.39 is 0 Å². The first kappa shape index (κ1) is 11.8. The number of nitrogens with zero attached hydrogens (tertiary/aromatic N) is 3. The number of fused-ring (bicyclic) bond motifs is 1. The van der Waals surface area contributed by atoms with Gasteiger partial charge in [-0.25, -0.2) is 4.98 Å². The number of hydrogen-bond donors (Lipinski definition) is 0. The lowest BCUT2D eigenvalue weighted by molar-refractivity contribution is 0.202. The molecular weight excluding hydrogens is 242 g/mol. The van der Waals surface area contributed by atoms with Crippen molar-refractivity contribution in [2.45, 2.75) is 32.9 Å². The lowest BCUT2D eigenvalue weighted by Gasteiger charge is -2.31. The maximum Gasteiger partial charge on any atom is 0.124 e. The molecule has 0 spiro atoms. The molecule has 0 N–H and O–H groups in total. The van der Waals surface area contributed by atoms with Crippen molar-refractivity contribution in [2.24, 2.45) is 0 Å². The smallest absolute Gasteiger partial charge is 0.124 e. The summed E-state index contributed by atoms with van der Waals surface area (Å²) in [5.74, 6) is 0. The third kappa shape index (κ3) is 2.18. The Morgan fingerprint density at radius 2 is 2.22 bits per heavy atom. The molecule has 3 rings (SSSR count). The van der Waals surface area contributed by atoms with E-state index in [0.29, 0.717) is 6.04 Å². The van der Waals surface area contributed by atoms with Crippen LogP contribution in [0.1, 0.15) is 25.1 Å². The molecule has 0 radical (unpaired) electrons. The SMILES string of the molecule is CC(C)N1CCc2ncc(-c3nccs3)cc2C1. The van der Waals surface area contributed by atoms with Crippen LogP contribution in [-0.4, -0.2) is 27.5 Å². The molecule has 0 unspecified atom stereocenters. The van der Waals surface area contributed by atoms with Crippen LogP contribution in [0.15, 0.2) is 23.8 Å². The van der Waals surface area contributed by atoms with Gasteiger partial charge in [-0.05, 0) is 25.5 Å². The molecular formula is C14H17N3S. The average molecular weight is 259 g/mol. The number of pyridine rings is 1. The van der Waals surface area contributed by atoms with E-state index in [9.17, 15) is 0 Å². The Hall–Kier alpha value is -1.26. The van der Waals surface area contributed by atoms with Gasteiger partial charge < -0.3 is 0 Å². The molecule has 1 aliphatic rings. The fraction of sp³-hybridized carbons (Fsp3) is 0.429. The third-order valence-corrected chi connectivity index (χ3v) is 4.30. The second-order valence-electron chi connectivity index (χ2n) is 4.98. The van der Waals surface area contributed by atoms with Crippen LogP contribution >= 0.6 is 11.3 Å². The Kier molecular flexibility index (Phi) is 3.14. The zero-order valence-corrected chi connectivity index (χ0v) is 11.6. The molecule has 0 aliphatic carbocycles. The molecule has 1 aliphatic heterocycles. The fourth-order valence-electron chi connectivity index (χ4n) is 2.37. The molecule has 3 nitrogen and oxygen atoms in total. The summed E-state index contributed by atoms with van der Waals surface area (Å²) < 4.78 is 0. The summed E-state index contributed by atoms with van der Waals surface area (Å²) >= 11 is 1.67. The van der Waals surface area contributed by atoms with Crippen molar-refractivity contribution in [1.82, 2.24) is 14.9 Å². The van der Waals surface area contributed by atoms with Gasteiger partial charge in [0.05, 0.1) is 0 Å². The minimum atomic E-state index is 0.599. The summed E-state index contributed by atoms with van der Waals surface area (Å²) in [6.45, 7) is 6.64. The second kappa shape index (κ2) is 4.78. The number of aromatic nitrogens is 2. The van der Waals surface area contributed by atoms with Crippen molar-refractivity contribution in [3.8, 4) is 10.6 Å². The highest BCUT2D eigenvalue weighted by atomic mass is 32.1. The van der Waals surface area contributed by atoms with Gasteiger partial charge in [0.15, 0.2) is 0 Å². The van der Waals surface area contributed by atoms with Crippen molar-refractivity contribution in [3.63, 3.8) is 0 Å². The summed E-state index contributed by atoms with van der Waals surface area (Å²) in [5.41, 5.74) is 3.77. The van der Waals surface area contributed by atoms with Crippen LogP contribution in [0.2, 0.25) is 0 Å². The van der Waals surface area contributed by atoms with Crippen molar-refractivity contribution in [1.29, 1.82) is 0 Å². The zero-order chi connectivity index (χ0) is 12.5. The van der Waals surface area contributed by atoms with Gasteiger partial charge in [0.25, 0.3) is 0 Å². The van der Waals surface area contributed by atoms with Crippen LogP contribution in [-0.2, 0) is 13.0 Å². The maximum atomic E-state index is 4.61. The minimum absolute atomic E-state index is 0.599. The van der Waals surface area contributed by atoms with Crippen molar-refractivity contribution in [3.05, 3.63) is 35.1 Å². The second-order valence-corrected chi connectivity index (χ2v) is 5.88. The molecule has 3 heterocycles.